The quantitative estimate of drug-likeness (QED) is 0.593. The van der Waals surface area contributed by atoms with Crippen LogP contribution >= 0.6 is 0 Å². The zero-order valence-corrected chi connectivity index (χ0v) is 16.3. The Labute approximate surface area is 170 Å². The Hall–Kier alpha value is -3.23. The van der Waals surface area contributed by atoms with Crippen molar-refractivity contribution in [3.63, 3.8) is 0 Å². The summed E-state index contributed by atoms with van der Waals surface area (Å²) >= 11 is 0. The van der Waals surface area contributed by atoms with E-state index in [1.807, 2.05) is 44.2 Å². The van der Waals surface area contributed by atoms with Gasteiger partial charge in [-0.1, -0.05) is 49.4 Å². The van der Waals surface area contributed by atoms with Crippen LogP contribution in [0.15, 0.2) is 54.6 Å². The molecular weight excluding hydrogens is 400 g/mol. The van der Waals surface area contributed by atoms with Gasteiger partial charge in [0.1, 0.15) is 5.82 Å². The van der Waals surface area contributed by atoms with E-state index in [4.69, 9.17) is 0 Å². The minimum absolute atomic E-state index is 0.0559. The summed E-state index contributed by atoms with van der Waals surface area (Å²) in [6.45, 7) is 4.08. The fourth-order valence-corrected chi connectivity index (χ4v) is 3.18. The third-order valence-electron chi connectivity index (χ3n) is 4.74. The highest BCUT2D eigenvalue weighted by Gasteiger charge is 2.42. The zero-order chi connectivity index (χ0) is 21.9. The molecule has 3 rings (SSSR count). The molecule has 1 amide bonds. The fraction of sp³-hybridized carbons (Fsp3) is 0.286. The molecule has 0 aliphatic heterocycles. The highest BCUT2D eigenvalue weighted by Crippen LogP contribution is 2.33. The van der Waals surface area contributed by atoms with Crippen LogP contribution < -0.4 is 5.32 Å². The number of nitrogens with one attached hydrogen (secondary N) is 1. The maximum Gasteiger partial charge on any atom is 0.435 e. The largest absolute Gasteiger partial charge is 0.435 e. The highest BCUT2D eigenvalue weighted by atomic mass is 19.4. The molecule has 1 heterocycles. The van der Waals surface area contributed by atoms with Gasteiger partial charge in [-0.05, 0) is 35.7 Å². The topological polar surface area (TPSA) is 59.8 Å². The molecule has 158 valence electrons. The van der Waals surface area contributed by atoms with Gasteiger partial charge in [0, 0.05) is 12.5 Å². The van der Waals surface area contributed by atoms with E-state index in [1.54, 1.807) is 0 Å². The van der Waals surface area contributed by atoms with E-state index in [-0.39, 0.29) is 24.1 Å². The van der Waals surface area contributed by atoms with Crippen molar-refractivity contribution in [3.05, 3.63) is 77.4 Å². The molecule has 1 atom stereocenters. The monoisotopic (exact) mass is 420 g/mol. The lowest BCUT2D eigenvalue weighted by Gasteiger charge is -2.21. The minimum atomic E-state index is -4.89. The Morgan fingerprint density at radius 3 is 2.27 bits per heavy atom. The van der Waals surface area contributed by atoms with Crippen molar-refractivity contribution in [1.82, 2.24) is 20.3 Å². The van der Waals surface area contributed by atoms with Crippen molar-refractivity contribution in [2.75, 3.05) is 6.54 Å². The van der Waals surface area contributed by atoms with Crippen molar-refractivity contribution in [3.8, 4) is 5.69 Å². The molecule has 30 heavy (non-hydrogen) atoms. The van der Waals surface area contributed by atoms with Gasteiger partial charge in [-0.25, -0.2) is 9.07 Å². The Morgan fingerprint density at radius 2 is 1.70 bits per heavy atom. The van der Waals surface area contributed by atoms with Gasteiger partial charge in [0.25, 0.3) is 5.91 Å². The maximum atomic E-state index is 13.7. The molecule has 0 bridgehead atoms. The van der Waals surface area contributed by atoms with Gasteiger partial charge >= 0.3 is 6.18 Å². The van der Waals surface area contributed by atoms with Gasteiger partial charge in [-0.3, -0.25) is 4.79 Å². The second kappa shape index (κ2) is 8.64. The molecule has 0 saturated carbocycles. The summed E-state index contributed by atoms with van der Waals surface area (Å²) in [4.78, 5) is 12.6. The number of halogens is 4. The summed E-state index contributed by atoms with van der Waals surface area (Å²) < 4.78 is 54.7. The van der Waals surface area contributed by atoms with Gasteiger partial charge in [0.05, 0.1) is 5.69 Å². The van der Waals surface area contributed by atoms with E-state index in [0.29, 0.717) is 4.68 Å². The van der Waals surface area contributed by atoms with Crippen LogP contribution in [0.4, 0.5) is 17.6 Å². The van der Waals surface area contributed by atoms with Crippen molar-refractivity contribution >= 4 is 5.91 Å². The van der Waals surface area contributed by atoms with E-state index in [9.17, 15) is 22.4 Å². The predicted molar refractivity (Wildman–Crippen MR) is 103 cm³/mol. The lowest BCUT2D eigenvalue weighted by molar-refractivity contribution is -0.143. The summed E-state index contributed by atoms with van der Waals surface area (Å²) in [6, 6.07) is 13.7. The first kappa shape index (κ1) is 21.5. The van der Waals surface area contributed by atoms with Crippen LogP contribution in [0.3, 0.4) is 0 Å². The molecule has 0 fully saturated rings. The molecule has 9 heteroatoms. The summed E-state index contributed by atoms with van der Waals surface area (Å²) in [5.74, 6) is -1.52. The number of aromatic nitrogens is 3. The summed E-state index contributed by atoms with van der Waals surface area (Å²) in [5, 5.41) is 9.50. The minimum Gasteiger partial charge on any atom is -0.350 e. The van der Waals surface area contributed by atoms with Crippen molar-refractivity contribution < 1.29 is 22.4 Å². The molecule has 0 saturated heterocycles. The third kappa shape index (κ3) is 4.67. The van der Waals surface area contributed by atoms with Crippen LogP contribution in [0.2, 0.25) is 0 Å². The Kier molecular flexibility index (Phi) is 6.19. The normalized spacial score (nSPS) is 12.8. The smallest absolute Gasteiger partial charge is 0.350 e. The van der Waals surface area contributed by atoms with Crippen molar-refractivity contribution in [2.24, 2.45) is 5.92 Å². The summed E-state index contributed by atoms with van der Waals surface area (Å²) in [5.41, 5.74) is -1.23. The molecule has 2 aromatic carbocycles. The van der Waals surface area contributed by atoms with Gasteiger partial charge in [0.2, 0.25) is 0 Å². The number of rotatable bonds is 6. The van der Waals surface area contributed by atoms with Gasteiger partial charge in [0.15, 0.2) is 11.4 Å². The second-order valence-corrected chi connectivity index (χ2v) is 7.14. The molecule has 3 aromatic rings. The molecule has 0 aliphatic rings. The van der Waals surface area contributed by atoms with Crippen LogP contribution in [0.1, 0.15) is 41.5 Å². The van der Waals surface area contributed by atoms with Crippen LogP contribution in [0.5, 0.6) is 0 Å². The number of hydrogen-bond acceptors (Lipinski definition) is 3. The van der Waals surface area contributed by atoms with E-state index >= 15 is 0 Å². The molecule has 0 radical (unpaired) electrons. The predicted octanol–water partition coefficient (Wildman–Crippen LogP) is 4.59. The molecule has 1 N–H and O–H groups in total. The molecule has 1 aromatic heterocycles. The lowest BCUT2D eigenvalue weighted by atomic mass is 9.88. The number of carbonyl (C=O) groups excluding carboxylic acids is 1. The van der Waals surface area contributed by atoms with Crippen LogP contribution in [-0.2, 0) is 6.18 Å². The van der Waals surface area contributed by atoms with E-state index < -0.39 is 29.3 Å². The van der Waals surface area contributed by atoms with Crippen LogP contribution in [0.25, 0.3) is 5.69 Å². The van der Waals surface area contributed by atoms with Crippen LogP contribution in [0, 0.1) is 11.7 Å². The summed E-state index contributed by atoms with van der Waals surface area (Å²) in [6.07, 6.45) is -4.89. The number of carbonyl (C=O) groups is 1. The summed E-state index contributed by atoms with van der Waals surface area (Å²) in [7, 11) is 0. The SMILES string of the molecule is CC(C)C(CNC(=O)c1nnn(-c2ccc(F)cc2)c1C(F)(F)F)c1ccccc1. The molecule has 0 spiro atoms. The molecule has 0 aliphatic carbocycles. The Balaban J connectivity index is 1.88. The average Bonchev–Trinajstić information content (AvgIpc) is 3.15. The van der Waals surface area contributed by atoms with Gasteiger partial charge in [-0.2, -0.15) is 13.2 Å². The second-order valence-electron chi connectivity index (χ2n) is 7.14. The van der Waals surface area contributed by atoms with E-state index in [0.717, 1.165) is 29.8 Å². The molecule has 5 nitrogen and oxygen atoms in total. The first-order valence-corrected chi connectivity index (χ1v) is 9.30. The van der Waals surface area contributed by atoms with Crippen molar-refractivity contribution in [1.29, 1.82) is 0 Å². The number of amides is 1. The van der Waals surface area contributed by atoms with Crippen molar-refractivity contribution in [2.45, 2.75) is 25.9 Å². The molecule has 1 unspecified atom stereocenters. The zero-order valence-electron chi connectivity index (χ0n) is 16.3. The average molecular weight is 420 g/mol. The number of hydrogen-bond donors (Lipinski definition) is 1. The van der Waals surface area contributed by atoms with Gasteiger partial charge < -0.3 is 5.32 Å². The first-order valence-electron chi connectivity index (χ1n) is 9.30. The number of alkyl halides is 3. The van der Waals surface area contributed by atoms with E-state index in [2.05, 4.69) is 15.6 Å². The van der Waals surface area contributed by atoms with Crippen LogP contribution in [-0.4, -0.2) is 27.4 Å². The Morgan fingerprint density at radius 1 is 1.07 bits per heavy atom. The highest BCUT2D eigenvalue weighted by molar-refractivity contribution is 5.93. The lowest BCUT2D eigenvalue weighted by Crippen LogP contribution is -2.32. The maximum absolute atomic E-state index is 13.7. The fourth-order valence-electron chi connectivity index (χ4n) is 3.18. The third-order valence-corrected chi connectivity index (χ3v) is 4.74. The number of nitrogens with zero attached hydrogens (tertiary/aromatic N) is 3. The van der Waals surface area contributed by atoms with Gasteiger partial charge in [-0.15, -0.1) is 5.10 Å². The van der Waals surface area contributed by atoms with E-state index in [1.165, 1.54) is 0 Å². The standard InChI is InChI=1S/C21H20F4N4O/c1-13(2)17(14-6-4-3-5-7-14)12-26-20(30)18-19(21(23,24)25)29(28-27-18)16-10-8-15(22)9-11-16/h3-11,13,17H,12H2,1-2H3,(H,26,30). The molecular formula is C21H20F4N4O. The number of benzene rings is 2. The first-order chi connectivity index (χ1) is 14.2. The Bertz CT molecular complexity index is 998.